The van der Waals surface area contributed by atoms with Gasteiger partial charge in [0, 0.05) is 12.1 Å². The number of alkyl halides is 3. The summed E-state index contributed by atoms with van der Waals surface area (Å²) in [6, 6.07) is 5.22. The van der Waals surface area contributed by atoms with Crippen LogP contribution in [0.1, 0.15) is 32.3 Å². The summed E-state index contributed by atoms with van der Waals surface area (Å²) in [7, 11) is 0. The molecule has 4 nitrogen and oxygen atoms in total. The first-order valence-corrected chi connectivity index (χ1v) is 7.64. The molecule has 0 saturated carbocycles. The Hall–Kier alpha value is -1.47. The first-order chi connectivity index (χ1) is 10.8. The Balaban J connectivity index is 0.00000288. The fraction of sp³-hybridized carbons (Fsp3) is 0.562. The Morgan fingerprint density at radius 1 is 1.38 bits per heavy atom. The van der Waals surface area contributed by atoms with Gasteiger partial charge < -0.3 is 15.4 Å². The lowest BCUT2D eigenvalue weighted by molar-refractivity contribution is -0.140. The van der Waals surface area contributed by atoms with Crippen molar-refractivity contribution in [2.45, 2.75) is 51.1 Å². The number of piperidine rings is 1. The number of hydrogen-bond donors (Lipinski definition) is 2. The van der Waals surface area contributed by atoms with E-state index in [1.165, 1.54) is 25.1 Å². The minimum absolute atomic E-state index is 0. The molecule has 0 aliphatic carbocycles. The Kier molecular flexibility index (Phi) is 7.35. The molecule has 0 aromatic heterocycles. The molecule has 2 N–H and O–H groups in total. The van der Waals surface area contributed by atoms with Crippen LogP contribution in [-0.2, 0) is 11.0 Å². The average Bonchev–Trinajstić information content (AvgIpc) is 2.46. The second kappa shape index (κ2) is 8.58. The van der Waals surface area contributed by atoms with Gasteiger partial charge in [-0.05, 0) is 45.4 Å². The Morgan fingerprint density at radius 2 is 2.04 bits per heavy atom. The molecule has 1 aliphatic rings. The summed E-state index contributed by atoms with van der Waals surface area (Å²) >= 11 is 0. The molecule has 2 rings (SSSR count). The zero-order valence-electron chi connectivity index (χ0n) is 13.5. The number of halogens is 4. The molecule has 0 bridgehead atoms. The zero-order chi connectivity index (χ0) is 17.0. The molecule has 3 unspecified atom stereocenters. The summed E-state index contributed by atoms with van der Waals surface area (Å²) < 4.78 is 44.0. The SMILES string of the molecule is CC1CC(NC(=O)C(C)Oc2ccccc2C(F)(F)F)CCN1.Cl. The lowest BCUT2D eigenvalue weighted by Gasteiger charge is -2.29. The van der Waals surface area contributed by atoms with Crippen molar-refractivity contribution in [2.75, 3.05) is 6.54 Å². The molecular weight excluding hydrogens is 345 g/mol. The predicted octanol–water partition coefficient (Wildman–Crippen LogP) is 3.15. The summed E-state index contributed by atoms with van der Waals surface area (Å²) in [5.74, 6) is -0.734. The van der Waals surface area contributed by atoms with E-state index in [0.717, 1.165) is 25.5 Å². The predicted molar refractivity (Wildman–Crippen MR) is 87.4 cm³/mol. The summed E-state index contributed by atoms with van der Waals surface area (Å²) in [6.45, 7) is 4.28. The minimum Gasteiger partial charge on any atom is -0.480 e. The van der Waals surface area contributed by atoms with Crippen molar-refractivity contribution in [3.05, 3.63) is 29.8 Å². The van der Waals surface area contributed by atoms with Crippen LogP contribution < -0.4 is 15.4 Å². The van der Waals surface area contributed by atoms with Gasteiger partial charge in [0.2, 0.25) is 0 Å². The van der Waals surface area contributed by atoms with Crippen LogP contribution in [0, 0.1) is 0 Å². The van der Waals surface area contributed by atoms with Crippen molar-refractivity contribution in [1.82, 2.24) is 10.6 Å². The van der Waals surface area contributed by atoms with Crippen LogP contribution in [0.4, 0.5) is 13.2 Å². The number of amides is 1. The number of carbonyl (C=O) groups is 1. The lowest BCUT2D eigenvalue weighted by atomic mass is 10.0. The number of ether oxygens (including phenoxy) is 1. The zero-order valence-corrected chi connectivity index (χ0v) is 14.3. The number of para-hydroxylation sites is 1. The number of rotatable bonds is 4. The third kappa shape index (κ3) is 5.56. The van der Waals surface area contributed by atoms with Gasteiger partial charge in [0.05, 0.1) is 5.56 Å². The van der Waals surface area contributed by atoms with Crippen LogP contribution in [0.3, 0.4) is 0 Å². The summed E-state index contributed by atoms with van der Waals surface area (Å²) in [5.41, 5.74) is -0.880. The molecule has 136 valence electrons. The molecule has 1 amide bonds. The largest absolute Gasteiger partial charge is 0.480 e. The molecule has 1 saturated heterocycles. The molecular formula is C16H22ClF3N2O2. The van der Waals surface area contributed by atoms with Gasteiger partial charge in [0.25, 0.3) is 5.91 Å². The van der Waals surface area contributed by atoms with E-state index in [-0.39, 0.29) is 24.2 Å². The second-order valence-corrected chi connectivity index (χ2v) is 5.84. The molecule has 1 aromatic rings. The standard InChI is InChI=1S/C16H21F3N2O2.ClH/c1-10-9-12(7-8-20-10)21-15(22)11(2)23-14-6-4-3-5-13(14)16(17,18)19;/h3-6,10-12,20H,7-9H2,1-2H3,(H,21,22);1H. The average molecular weight is 367 g/mol. The lowest BCUT2D eigenvalue weighted by Crippen LogP contribution is -2.49. The van der Waals surface area contributed by atoms with Crippen LogP contribution in [0.25, 0.3) is 0 Å². The van der Waals surface area contributed by atoms with E-state index in [1.54, 1.807) is 0 Å². The van der Waals surface area contributed by atoms with Crippen molar-refractivity contribution >= 4 is 18.3 Å². The Labute approximate surface area is 145 Å². The molecule has 1 fully saturated rings. The number of carbonyl (C=O) groups excluding carboxylic acids is 1. The number of hydrogen-bond acceptors (Lipinski definition) is 3. The quantitative estimate of drug-likeness (QED) is 0.860. The van der Waals surface area contributed by atoms with Gasteiger partial charge in [-0.15, -0.1) is 12.4 Å². The maximum atomic E-state index is 12.9. The van der Waals surface area contributed by atoms with Gasteiger partial charge in [-0.1, -0.05) is 12.1 Å². The third-order valence-electron chi connectivity index (χ3n) is 3.84. The molecule has 8 heteroatoms. The molecule has 3 atom stereocenters. The molecule has 0 radical (unpaired) electrons. The van der Waals surface area contributed by atoms with Crippen molar-refractivity contribution in [1.29, 1.82) is 0 Å². The number of nitrogens with one attached hydrogen (secondary N) is 2. The maximum Gasteiger partial charge on any atom is 0.419 e. The maximum absolute atomic E-state index is 12.9. The summed E-state index contributed by atoms with van der Waals surface area (Å²) in [6.07, 6.45) is -3.93. The van der Waals surface area contributed by atoms with Crippen LogP contribution in [0.5, 0.6) is 5.75 Å². The van der Waals surface area contributed by atoms with Crippen molar-refractivity contribution < 1.29 is 22.7 Å². The van der Waals surface area contributed by atoms with E-state index in [9.17, 15) is 18.0 Å². The topological polar surface area (TPSA) is 50.4 Å². The van der Waals surface area contributed by atoms with Gasteiger partial charge in [-0.3, -0.25) is 4.79 Å². The monoisotopic (exact) mass is 366 g/mol. The number of benzene rings is 1. The molecule has 1 heterocycles. The highest BCUT2D eigenvalue weighted by atomic mass is 35.5. The smallest absolute Gasteiger partial charge is 0.419 e. The second-order valence-electron chi connectivity index (χ2n) is 5.84. The van der Waals surface area contributed by atoms with Crippen LogP contribution in [-0.4, -0.2) is 30.6 Å². The highest BCUT2D eigenvalue weighted by molar-refractivity contribution is 5.85. The molecule has 1 aromatic carbocycles. The molecule has 1 aliphatic heterocycles. The van der Waals surface area contributed by atoms with E-state index >= 15 is 0 Å². The van der Waals surface area contributed by atoms with Crippen molar-refractivity contribution in [3.63, 3.8) is 0 Å². The van der Waals surface area contributed by atoms with Gasteiger partial charge >= 0.3 is 6.18 Å². The van der Waals surface area contributed by atoms with E-state index in [2.05, 4.69) is 10.6 Å². The normalized spacial score (nSPS) is 22.2. The van der Waals surface area contributed by atoms with E-state index in [0.29, 0.717) is 6.04 Å². The molecule has 0 spiro atoms. The van der Waals surface area contributed by atoms with Crippen molar-refractivity contribution in [2.24, 2.45) is 0 Å². The highest BCUT2D eigenvalue weighted by Gasteiger charge is 2.35. The van der Waals surface area contributed by atoms with Crippen molar-refractivity contribution in [3.8, 4) is 5.75 Å². The molecule has 24 heavy (non-hydrogen) atoms. The Bertz CT molecular complexity index is 554. The Morgan fingerprint density at radius 3 is 2.67 bits per heavy atom. The first kappa shape index (κ1) is 20.6. The van der Waals surface area contributed by atoms with Crippen LogP contribution in [0.2, 0.25) is 0 Å². The summed E-state index contributed by atoms with van der Waals surface area (Å²) in [5, 5.41) is 6.11. The van der Waals surface area contributed by atoms with Gasteiger partial charge in [-0.2, -0.15) is 13.2 Å². The van der Waals surface area contributed by atoms with E-state index < -0.39 is 23.8 Å². The third-order valence-corrected chi connectivity index (χ3v) is 3.84. The summed E-state index contributed by atoms with van der Waals surface area (Å²) in [4.78, 5) is 12.1. The van der Waals surface area contributed by atoms with Crippen LogP contribution in [0.15, 0.2) is 24.3 Å². The fourth-order valence-electron chi connectivity index (χ4n) is 2.63. The minimum atomic E-state index is -4.52. The van der Waals surface area contributed by atoms with Gasteiger partial charge in [0.1, 0.15) is 5.75 Å². The van der Waals surface area contributed by atoms with E-state index in [4.69, 9.17) is 4.74 Å². The van der Waals surface area contributed by atoms with Gasteiger partial charge in [0.15, 0.2) is 6.10 Å². The van der Waals surface area contributed by atoms with Crippen LogP contribution >= 0.6 is 12.4 Å². The van der Waals surface area contributed by atoms with Gasteiger partial charge in [-0.25, -0.2) is 0 Å². The fourth-order valence-corrected chi connectivity index (χ4v) is 2.63. The highest BCUT2D eigenvalue weighted by Crippen LogP contribution is 2.36. The van der Waals surface area contributed by atoms with E-state index in [1.807, 2.05) is 6.92 Å². The first-order valence-electron chi connectivity index (χ1n) is 7.64.